The van der Waals surface area contributed by atoms with Gasteiger partial charge in [0.2, 0.25) is 0 Å². The molecule has 112 valence electrons. The van der Waals surface area contributed by atoms with Crippen LogP contribution < -0.4 is 0 Å². The van der Waals surface area contributed by atoms with Crippen molar-refractivity contribution in [2.45, 2.75) is 10.6 Å². The van der Waals surface area contributed by atoms with Crippen LogP contribution in [0.3, 0.4) is 0 Å². The van der Waals surface area contributed by atoms with Crippen molar-refractivity contribution in [1.82, 2.24) is 4.98 Å². The van der Waals surface area contributed by atoms with Crippen LogP contribution in [0.5, 0.6) is 0 Å². The topological polar surface area (TPSA) is 12.9 Å². The first-order valence-corrected chi connectivity index (χ1v) is 9.40. The van der Waals surface area contributed by atoms with Gasteiger partial charge < -0.3 is 0 Å². The highest BCUT2D eigenvalue weighted by Gasteiger charge is 2.08. The van der Waals surface area contributed by atoms with Crippen LogP contribution in [-0.4, -0.2) is 4.98 Å². The summed E-state index contributed by atoms with van der Waals surface area (Å²) in [6.45, 7) is 0. The Hall–Kier alpha value is -0.710. The zero-order valence-electron chi connectivity index (χ0n) is 11.2. The molecule has 0 aliphatic rings. The third kappa shape index (κ3) is 3.79. The molecule has 0 bridgehead atoms. The van der Waals surface area contributed by atoms with E-state index >= 15 is 0 Å². The number of rotatable bonds is 4. The molecule has 0 amide bonds. The molecule has 22 heavy (non-hydrogen) atoms. The van der Waals surface area contributed by atoms with E-state index in [0.29, 0.717) is 10.0 Å². The van der Waals surface area contributed by atoms with Crippen molar-refractivity contribution in [2.75, 3.05) is 0 Å². The SMILES string of the molecule is Clc1ccc(-c2nc(CSc3cccc(Cl)c3Cl)cs2)cc1. The quantitative estimate of drug-likeness (QED) is 0.445. The van der Waals surface area contributed by atoms with Gasteiger partial charge in [0.15, 0.2) is 0 Å². The minimum Gasteiger partial charge on any atom is -0.240 e. The molecule has 6 heteroatoms. The van der Waals surface area contributed by atoms with Gasteiger partial charge in [0.25, 0.3) is 0 Å². The fraction of sp³-hybridized carbons (Fsp3) is 0.0625. The van der Waals surface area contributed by atoms with Crippen LogP contribution in [0.4, 0.5) is 0 Å². The lowest BCUT2D eigenvalue weighted by Gasteiger charge is -2.03. The maximum atomic E-state index is 6.19. The number of halogens is 3. The Bertz CT molecular complexity index is 784. The van der Waals surface area contributed by atoms with Crippen LogP contribution in [0, 0.1) is 0 Å². The summed E-state index contributed by atoms with van der Waals surface area (Å²) in [5.74, 6) is 0.754. The van der Waals surface area contributed by atoms with E-state index in [4.69, 9.17) is 34.8 Å². The molecule has 0 aliphatic carbocycles. The van der Waals surface area contributed by atoms with Gasteiger partial charge in [-0.3, -0.25) is 0 Å². The minimum atomic E-state index is 0.576. The average molecular weight is 387 g/mol. The Morgan fingerprint density at radius 1 is 1.00 bits per heavy atom. The largest absolute Gasteiger partial charge is 0.240 e. The van der Waals surface area contributed by atoms with Crippen LogP contribution in [0.2, 0.25) is 15.1 Å². The van der Waals surface area contributed by atoms with Gasteiger partial charge >= 0.3 is 0 Å². The summed E-state index contributed by atoms with van der Waals surface area (Å²) in [5, 5.41) is 4.96. The summed E-state index contributed by atoms with van der Waals surface area (Å²) < 4.78 is 0. The zero-order chi connectivity index (χ0) is 15.5. The van der Waals surface area contributed by atoms with E-state index in [1.807, 2.05) is 36.4 Å². The van der Waals surface area contributed by atoms with E-state index in [2.05, 4.69) is 10.4 Å². The lowest BCUT2D eigenvalue weighted by atomic mass is 10.2. The van der Waals surface area contributed by atoms with E-state index in [1.54, 1.807) is 29.2 Å². The van der Waals surface area contributed by atoms with E-state index in [9.17, 15) is 0 Å². The van der Waals surface area contributed by atoms with Crippen molar-refractivity contribution in [3.63, 3.8) is 0 Å². The highest BCUT2D eigenvalue weighted by molar-refractivity contribution is 7.98. The van der Waals surface area contributed by atoms with Crippen molar-refractivity contribution < 1.29 is 0 Å². The molecule has 1 aromatic heterocycles. The van der Waals surface area contributed by atoms with Crippen molar-refractivity contribution in [1.29, 1.82) is 0 Å². The number of hydrogen-bond acceptors (Lipinski definition) is 3. The van der Waals surface area contributed by atoms with Gasteiger partial charge in [-0.05, 0) is 24.3 Å². The second kappa shape index (κ2) is 7.24. The number of benzene rings is 2. The second-order valence-electron chi connectivity index (χ2n) is 4.49. The summed E-state index contributed by atoms with van der Waals surface area (Å²) in [5.41, 5.74) is 2.10. The smallest absolute Gasteiger partial charge is 0.123 e. The Morgan fingerprint density at radius 3 is 2.55 bits per heavy atom. The molecule has 0 aliphatic heterocycles. The molecule has 0 atom stereocenters. The molecule has 0 spiro atoms. The fourth-order valence-corrected chi connectivity index (χ4v) is 4.29. The highest BCUT2D eigenvalue weighted by atomic mass is 35.5. The first-order valence-electron chi connectivity index (χ1n) is 6.40. The van der Waals surface area contributed by atoms with E-state index in [-0.39, 0.29) is 0 Å². The van der Waals surface area contributed by atoms with Gasteiger partial charge in [-0.2, -0.15) is 0 Å². The lowest BCUT2D eigenvalue weighted by Crippen LogP contribution is -1.83. The standard InChI is InChI=1S/C16H10Cl3NS2/c17-11-6-4-10(5-7-11)16-20-12(9-22-16)8-21-14-3-1-2-13(18)15(14)19/h1-7,9H,8H2. The number of thiazole rings is 1. The van der Waals surface area contributed by atoms with Gasteiger partial charge in [0, 0.05) is 26.6 Å². The van der Waals surface area contributed by atoms with Crippen LogP contribution in [-0.2, 0) is 5.75 Å². The summed E-state index contributed by atoms with van der Waals surface area (Å²) in [7, 11) is 0. The Labute approximate surface area is 152 Å². The highest BCUT2D eigenvalue weighted by Crippen LogP contribution is 2.35. The lowest BCUT2D eigenvalue weighted by molar-refractivity contribution is 1.23. The van der Waals surface area contributed by atoms with Crippen LogP contribution in [0.15, 0.2) is 52.7 Å². The van der Waals surface area contributed by atoms with Gasteiger partial charge in [-0.1, -0.05) is 53.0 Å². The third-order valence-corrected chi connectivity index (χ3v) is 6.15. The molecule has 0 fully saturated rings. The molecule has 3 aromatic rings. The molecule has 0 unspecified atom stereocenters. The predicted molar refractivity (Wildman–Crippen MR) is 98.6 cm³/mol. The molecule has 0 radical (unpaired) electrons. The van der Waals surface area contributed by atoms with Crippen LogP contribution >= 0.6 is 57.9 Å². The molecule has 2 aromatic carbocycles. The van der Waals surface area contributed by atoms with E-state index < -0.39 is 0 Å². The van der Waals surface area contributed by atoms with Crippen molar-refractivity contribution >= 4 is 57.9 Å². The van der Waals surface area contributed by atoms with Gasteiger partial charge in [0.05, 0.1) is 15.7 Å². The summed E-state index contributed by atoms with van der Waals surface area (Å²) in [4.78, 5) is 5.62. The number of aromatic nitrogens is 1. The molecule has 1 heterocycles. The molecule has 0 N–H and O–H groups in total. The normalized spacial score (nSPS) is 10.9. The van der Waals surface area contributed by atoms with Gasteiger partial charge in [0.1, 0.15) is 5.01 Å². The van der Waals surface area contributed by atoms with E-state index in [1.165, 1.54) is 0 Å². The zero-order valence-corrected chi connectivity index (χ0v) is 15.1. The third-order valence-electron chi connectivity index (χ3n) is 2.93. The molecular weight excluding hydrogens is 377 g/mol. The maximum Gasteiger partial charge on any atom is 0.123 e. The van der Waals surface area contributed by atoms with Crippen molar-refractivity contribution in [3.8, 4) is 10.6 Å². The molecular formula is C16H10Cl3NS2. The molecule has 3 rings (SSSR count). The number of hydrogen-bond donors (Lipinski definition) is 0. The molecule has 0 saturated carbocycles. The number of thioether (sulfide) groups is 1. The monoisotopic (exact) mass is 385 g/mol. The average Bonchev–Trinajstić information content (AvgIpc) is 2.98. The van der Waals surface area contributed by atoms with Crippen molar-refractivity contribution in [3.05, 3.63) is 68.6 Å². The number of nitrogens with zero attached hydrogens (tertiary/aromatic N) is 1. The van der Waals surface area contributed by atoms with Gasteiger partial charge in [-0.15, -0.1) is 23.1 Å². The van der Waals surface area contributed by atoms with Crippen molar-refractivity contribution in [2.24, 2.45) is 0 Å². The predicted octanol–water partition coefficient (Wildman–Crippen LogP) is 7.06. The molecule has 0 saturated heterocycles. The maximum absolute atomic E-state index is 6.19. The summed E-state index contributed by atoms with van der Waals surface area (Å²) >= 11 is 21.4. The van der Waals surface area contributed by atoms with Crippen LogP contribution in [0.1, 0.15) is 5.69 Å². The minimum absolute atomic E-state index is 0.576. The Morgan fingerprint density at radius 2 is 1.77 bits per heavy atom. The first kappa shape index (κ1) is 16.2. The van der Waals surface area contributed by atoms with Gasteiger partial charge in [-0.25, -0.2) is 4.98 Å². The summed E-state index contributed by atoms with van der Waals surface area (Å²) in [6.07, 6.45) is 0. The first-order chi connectivity index (χ1) is 10.6. The van der Waals surface area contributed by atoms with E-state index in [0.717, 1.165) is 31.9 Å². The molecule has 1 nitrogen and oxygen atoms in total. The summed E-state index contributed by atoms with van der Waals surface area (Å²) in [6, 6.07) is 13.4. The Kier molecular flexibility index (Phi) is 5.32. The fourth-order valence-electron chi connectivity index (χ4n) is 1.85. The van der Waals surface area contributed by atoms with Crippen LogP contribution in [0.25, 0.3) is 10.6 Å². The second-order valence-corrected chi connectivity index (χ2v) is 7.59. The Balaban J connectivity index is 1.72.